The quantitative estimate of drug-likeness (QED) is 0.682. The van der Waals surface area contributed by atoms with Crippen LogP contribution in [0.25, 0.3) is 0 Å². The molecule has 1 aliphatic heterocycles. The van der Waals surface area contributed by atoms with Gasteiger partial charge in [0.05, 0.1) is 17.9 Å². The molecule has 3 nitrogen and oxygen atoms in total. The highest BCUT2D eigenvalue weighted by Gasteiger charge is 2.25. The SMILES string of the molecule is CC1(C)CSC(c2ccnnc2)=N1. The number of thioether (sulfide) groups is 1. The Morgan fingerprint density at radius 2 is 2.23 bits per heavy atom. The van der Waals surface area contributed by atoms with Gasteiger partial charge in [0.15, 0.2) is 0 Å². The third-order valence-electron chi connectivity index (χ3n) is 1.80. The van der Waals surface area contributed by atoms with Crippen LogP contribution in [0.4, 0.5) is 0 Å². The number of aliphatic imine (C=N–C) groups is 1. The number of hydrogen-bond donors (Lipinski definition) is 0. The fraction of sp³-hybridized carbons (Fsp3) is 0.444. The molecule has 1 aromatic rings. The lowest BCUT2D eigenvalue weighted by Gasteiger charge is -2.09. The topological polar surface area (TPSA) is 38.1 Å². The van der Waals surface area contributed by atoms with Crippen molar-refractivity contribution in [3.8, 4) is 0 Å². The van der Waals surface area contributed by atoms with E-state index in [2.05, 4.69) is 29.0 Å². The Morgan fingerprint density at radius 1 is 1.38 bits per heavy atom. The number of aromatic nitrogens is 2. The van der Waals surface area contributed by atoms with Crippen molar-refractivity contribution >= 4 is 16.8 Å². The molecule has 0 amide bonds. The second kappa shape index (κ2) is 3.10. The summed E-state index contributed by atoms with van der Waals surface area (Å²) in [6.07, 6.45) is 3.46. The van der Waals surface area contributed by atoms with E-state index in [9.17, 15) is 0 Å². The largest absolute Gasteiger partial charge is 0.271 e. The maximum atomic E-state index is 4.60. The predicted octanol–water partition coefficient (Wildman–Crippen LogP) is 1.75. The van der Waals surface area contributed by atoms with Gasteiger partial charge in [0.25, 0.3) is 0 Å². The smallest absolute Gasteiger partial charge is 0.100 e. The van der Waals surface area contributed by atoms with Crippen LogP contribution in [0.15, 0.2) is 23.5 Å². The van der Waals surface area contributed by atoms with Crippen molar-refractivity contribution in [1.82, 2.24) is 10.2 Å². The normalized spacial score (nSPS) is 20.0. The summed E-state index contributed by atoms with van der Waals surface area (Å²) < 4.78 is 0. The molecule has 0 aromatic carbocycles. The summed E-state index contributed by atoms with van der Waals surface area (Å²) in [5, 5.41) is 8.65. The van der Waals surface area contributed by atoms with E-state index >= 15 is 0 Å². The monoisotopic (exact) mass is 193 g/mol. The Balaban J connectivity index is 2.30. The fourth-order valence-corrected chi connectivity index (χ4v) is 2.30. The van der Waals surface area contributed by atoms with E-state index in [4.69, 9.17) is 0 Å². The first-order valence-corrected chi connectivity index (χ1v) is 5.16. The van der Waals surface area contributed by atoms with Crippen molar-refractivity contribution < 1.29 is 0 Å². The third-order valence-corrected chi connectivity index (χ3v) is 3.25. The minimum Gasteiger partial charge on any atom is -0.271 e. The molecule has 4 heteroatoms. The lowest BCUT2D eigenvalue weighted by Crippen LogP contribution is -2.15. The minimum atomic E-state index is 0.0727. The number of rotatable bonds is 1. The average Bonchev–Trinajstić information content (AvgIpc) is 2.48. The Bertz CT molecular complexity index is 332. The zero-order valence-electron chi connectivity index (χ0n) is 7.69. The maximum absolute atomic E-state index is 4.60. The summed E-state index contributed by atoms with van der Waals surface area (Å²) in [5.74, 6) is 1.05. The van der Waals surface area contributed by atoms with E-state index in [1.807, 2.05) is 6.07 Å². The van der Waals surface area contributed by atoms with Crippen LogP contribution in [-0.2, 0) is 0 Å². The highest BCUT2D eigenvalue weighted by atomic mass is 32.2. The van der Waals surface area contributed by atoms with Gasteiger partial charge in [-0.15, -0.1) is 11.8 Å². The second-order valence-electron chi connectivity index (χ2n) is 3.65. The predicted molar refractivity (Wildman–Crippen MR) is 55.1 cm³/mol. The molecule has 0 atom stereocenters. The molecule has 0 spiro atoms. The summed E-state index contributed by atoms with van der Waals surface area (Å²) in [6.45, 7) is 4.28. The minimum absolute atomic E-state index is 0.0727. The lowest BCUT2D eigenvalue weighted by atomic mass is 10.1. The lowest BCUT2D eigenvalue weighted by molar-refractivity contribution is 0.605. The van der Waals surface area contributed by atoms with Gasteiger partial charge >= 0.3 is 0 Å². The molecule has 1 aliphatic rings. The molecule has 2 rings (SSSR count). The van der Waals surface area contributed by atoms with E-state index in [-0.39, 0.29) is 5.54 Å². The maximum Gasteiger partial charge on any atom is 0.100 e. The van der Waals surface area contributed by atoms with Crippen molar-refractivity contribution in [3.63, 3.8) is 0 Å². The van der Waals surface area contributed by atoms with Crippen molar-refractivity contribution in [2.75, 3.05) is 5.75 Å². The third kappa shape index (κ3) is 1.88. The molecule has 0 aliphatic carbocycles. The molecule has 13 heavy (non-hydrogen) atoms. The van der Waals surface area contributed by atoms with Crippen molar-refractivity contribution in [2.24, 2.45) is 4.99 Å². The van der Waals surface area contributed by atoms with Crippen LogP contribution in [-0.4, -0.2) is 26.5 Å². The summed E-state index contributed by atoms with van der Waals surface area (Å²) >= 11 is 1.78. The molecule has 68 valence electrons. The highest BCUT2D eigenvalue weighted by Crippen LogP contribution is 2.29. The number of hydrogen-bond acceptors (Lipinski definition) is 4. The first kappa shape index (κ1) is 8.69. The van der Waals surface area contributed by atoms with Gasteiger partial charge in [0.2, 0.25) is 0 Å². The van der Waals surface area contributed by atoms with Gasteiger partial charge in [0.1, 0.15) is 5.04 Å². The standard InChI is InChI=1S/C9H11N3S/c1-9(2)6-13-8(12-9)7-3-4-10-11-5-7/h3-5H,6H2,1-2H3. The highest BCUT2D eigenvalue weighted by molar-refractivity contribution is 8.14. The molecule has 1 aromatic heterocycles. The van der Waals surface area contributed by atoms with Crippen molar-refractivity contribution in [2.45, 2.75) is 19.4 Å². The first-order chi connectivity index (χ1) is 6.17. The molecular weight excluding hydrogens is 182 g/mol. The van der Waals surface area contributed by atoms with Gasteiger partial charge in [-0.1, -0.05) is 0 Å². The van der Waals surface area contributed by atoms with Crippen LogP contribution in [0, 0.1) is 0 Å². The zero-order valence-corrected chi connectivity index (χ0v) is 8.51. The molecule has 0 saturated carbocycles. The zero-order chi connectivity index (χ0) is 9.31. The summed E-state index contributed by atoms with van der Waals surface area (Å²) in [6, 6.07) is 1.94. The van der Waals surface area contributed by atoms with Gasteiger partial charge in [-0.05, 0) is 19.9 Å². The molecule has 0 fully saturated rings. The molecule has 0 saturated heterocycles. The van der Waals surface area contributed by atoms with Gasteiger partial charge in [-0.3, -0.25) is 4.99 Å². The Kier molecular flexibility index (Phi) is 2.07. The van der Waals surface area contributed by atoms with Gasteiger partial charge in [-0.2, -0.15) is 10.2 Å². The van der Waals surface area contributed by atoms with E-state index in [1.54, 1.807) is 24.2 Å². The molecule has 0 N–H and O–H groups in total. The van der Waals surface area contributed by atoms with Crippen LogP contribution in [0.2, 0.25) is 0 Å². The summed E-state index contributed by atoms with van der Waals surface area (Å²) in [4.78, 5) is 4.60. The van der Waals surface area contributed by atoms with E-state index in [0.717, 1.165) is 16.4 Å². The van der Waals surface area contributed by atoms with Crippen LogP contribution in [0.1, 0.15) is 19.4 Å². The van der Waals surface area contributed by atoms with Crippen LogP contribution >= 0.6 is 11.8 Å². The van der Waals surface area contributed by atoms with E-state index in [1.165, 1.54) is 0 Å². The fourth-order valence-electron chi connectivity index (χ4n) is 1.15. The van der Waals surface area contributed by atoms with Crippen molar-refractivity contribution in [3.05, 3.63) is 24.0 Å². The molecule has 0 unspecified atom stereocenters. The average molecular weight is 193 g/mol. The second-order valence-corrected chi connectivity index (χ2v) is 4.61. The van der Waals surface area contributed by atoms with Crippen LogP contribution in [0.5, 0.6) is 0 Å². The van der Waals surface area contributed by atoms with Gasteiger partial charge in [0, 0.05) is 11.3 Å². The van der Waals surface area contributed by atoms with Crippen molar-refractivity contribution in [1.29, 1.82) is 0 Å². The Labute approximate surface area is 81.7 Å². The van der Waals surface area contributed by atoms with Crippen LogP contribution < -0.4 is 0 Å². The van der Waals surface area contributed by atoms with Gasteiger partial charge < -0.3 is 0 Å². The molecular formula is C9H11N3S. The number of nitrogens with zero attached hydrogens (tertiary/aromatic N) is 3. The van der Waals surface area contributed by atoms with E-state index < -0.39 is 0 Å². The summed E-state index contributed by atoms with van der Waals surface area (Å²) in [5.41, 5.74) is 1.15. The molecule has 0 radical (unpaired) electrons. The molecule has 0 bridgehead atoms. The first-order valence-electron chi connectivity index (χ1n) is 4.17. The van der Waals surface area contributed by atoms with Crippen LogP contribution in [0.3, 0.4) is 0 Å². The molecule has 2 heterocycles. The van der Waals surface area contributed by atoms with E-state index in [0.29, 0.717) is 0 Å². The Hall–Kier alpha value is -0.900. The Morgan fingerprint density at radius 3 is 2.77 bits per heavy atom. The van der Waals surface area contributed by atoms with Gasteiger partial charge in [-0.25, -0.2) is 0 Å². The summed E-state index contributed by atoms with van der Waals surface area (Å²) in [7, 11) is 0.